The Morgan fingerprint density at radius 2 is 1.80 bits per heavy atom. The maximum absolute atomic E-state index is 14.5. The van der Waals surface area contributed by atoms with Gasteiger partial charge in [-0.05, 0) is 67.7 Å². The second-order valence-corrected chi connectivity index (χ2v) is 12.4. The lowest BCUT2D eigenvalue weighted by Crippen LogP contribution is -2.36. The first kappa shape index (κ1) is 29.3. The van der Waals surface area contributed by atoms with E-state index in [1.165, 1.54) is 6.33 Å². The number of nitrogens with one attached hydrogen (secondary N) is 1. The van der Waals surface area contributed by atoms with Gasteiger partial charge in [0.05, 0.1) is 23.9 Å². The van der Waals surface area contributed by atoms with Crippen molar-refractivity contribution < 1.29 is 14.3 Å². The number of amides is 1. The predicted molar refractivity (Wildman–Crippen MR) is 170 cm³/mol. The highest BCUT2D eigenvalue weighted by atomic mass is 16.5. The SMILES string of the molecule is CCCc1c(Cc2ccc(-c3ccccc3)c(C3=NNC(=O)C3)c2)c(=O)n(C2CCC(OC3CCCC3=O)CC2)c2ncnn12. The van der Waals surface area contributed by atoms with Gasteiger partial charge in [0.2, 0.25) is 11.7 Å². The molecule has 10 nitrogen and oxygen atoms in total. The topological polar surface area (TPSA) is 120 Å². The van der Waals surface area contributed by atoms with Crippen LogP contribution in [0.3, 0.4) is 0 Å². The Balaban J connectivity index is 1.24. The third-order valence-corrected chi connectivity index (χ3v) is 9.43. The summed E-state index contributed by atoms with van der Waals surface area (Å²) in [5.74, 6) is 0.666. The normalized spacial score (nSPS) is 21.8. The van der Waals surface area contributed by atoms with E-state index in [1.54, 1.807) is 0 Å². The highest BCUT2D eigenvalue weighted by molar-refractivity contribution is 6.16. The molecule has 3 heterocycles. The van der Waals surface area contributed by atoms with Crippen molar-refractivity contribution in [2.75, 3.05) is 0 Å². The summed E-state index contributed by atoms with van der Waals surface area (Å²) in [4.78, 5) is 43.3. The summed E-state index contributed by atoms with van der Waals surface area (Å²) in [5, 5.41) is 8.93. The number of hydrogen-bond acceptors (Lipinski definition) is 7. The lowest BCUT2D eigenvalue weighted by atomic mass is 9.91. The first-order chi connectivity index (χ1) is 22.0. The number of fused-ring (bicyclic) bond motifs is 1. The Kier molecular flexibility index (Phi) is 8.14. The van der Waals surface area contributed by atoms with E-state index in [4.69, 9.17) is 4.74 Å². The lowest BCUT2D eigenvalue weighted by molar-refractivity contribution is -0.132. The number of hydrogen-bond donors (Lipinski definition) is 1. The van der Waals surface area contributed by atoms with E-state index in [2.05, 4.69) is 45.7 Å². The molecule has 0 radical (unpaired) electrons. The van der Waals surface area contributed by atoms with E-state index in [-0.39, 0.29) is 41.9 Å². The minimum atomic E-state index is -0.264. The number of rotatable bonds is 9. The van der Waals surface area contributed by atoms with Crippen LogP contribution in [0.25, 0.3) is 16.9 Å². The molecule has 1 aliphatic heterocycles. The van der Waals surface area contributed by atoms with E-state index < -0.39 is 0 Å². The van der Waals surface area contributed by atoms with Gasteiger partial charge in [-0.3, -0.25) is 19.0 Å². The molecule has 2 saturated carbocycles. The molecule has 0 bridgehead atoms. The number of benzene rings is 2. The monoisotopic (exact) mass is 606 g/mol. The van der Waals surface area contributed by atoms with E-state index in [1.807, 2.05) is 39.4 Å². The van der Waals surface area contributed by atoms with Crippen LogP contribution < -0.4 is 11.0 Å². The number of nitrogens with zero attached hydrogens (tertiary/aromatic N) is 5. The van der Waals surface area contributed by atoms with Crippen molar-refractivity contribution in [3.8, 4) is 11.1 Å². The Morgan fingerprint density at radius 3 is 2.51 bits per heavy atom. The zero-order chi connectivity index (χ0) is 30.9. The van der Waals surface area contributed by atoms with Gasteiger partial charge >= 0.3 is 0 Å². The number of aromatic nitrogens is 4. The molecular weight excluding hydrogens is 568 g/mol. The van der Waals surface area contributed by atoms with Gasteiger partial charge in [-0.1, -0.05) is 55.8 Å². The standard InChI is InChI=1S/C35H38N6O4/c1-2-7-30-28(19-22-12-17-26(23-8-4-3-5-9-23)27(18-22)29-20-33(43)39-38-29)34(44)40(35-36-21-37-41(30)35)24-13-15-25(16-14-24)45-32-11-6-10-31(32)42/h3-5,8-9,12,17-18,21,24-25,32H,2,6-7,10-11,13-16,19-20H2,1H3,(H,39,43). The van der Waals surface area contributed by atoms with Gasteiger partial charge in [0.15, 0.2) is 5.78 Å². The molecule has 0 saturated heterocycles. The molecule has 0 spiro atoms. The summed E-state index contributed by atoms with van der Waals surface area (Å²) >= 11 is 0. The number of hydrazone groups is 1. The van der Waals surface area contributed by atoms with Crippen molar-refractivity contribution >= 4 is 23.2 Å². The zero-order valence-electron chi connectivity index (χ0n) is 25.6. The number of ketones is 1. The lowest BCUT2D eigenvalue weighted by Gasteiger charge is -2.31. The molecule has 7 rings (SSSR count). The Morgan fingerprint density at radius 1 is 0.978 bits per heavy atom. The minimum Gasteiger partial charge on any atom is -0.367 e. The molecule has 1 unspecified atom stereocenters. The van der Waals surface area contributed by atoms with Gasteiger partial charge in [-0.15, -0.1) is 0 Å². The fourth-order valence-electron chi connectivity index (χ4n) is 7.21. The molecular formula is C35H38N6O4. The second kappa shape index (κ2) is 12.5. The average molecular weight is 607 g/mol. The van der Waals surface area contributed by atoms with Crippen LogP contribution in [0.2, 0.25) is 0 Å². The van der Waals surface area contributed by atoms with Gasteiger partial charge < -0.3 is 4.74 Å². The number of carbonyl (C=O) groups excluding carboxylic acids is 2. The van der Waals surface area contributed by atoms with Crippen molar-refractivity contribution in [3.05, 3.63) is 87.6 Å². The molecule has 2 aromatic heterocycles. The number of Topliss-reactive ketones (excluding diaryl/α,β-unsaturated/α-hetero) is 1. The molecule has 4 aromatic rings. The highest BCUT2D eigenvalue weighted by Gasteiger charge is 2.32. The van der Waals surface area contributed by atoms with Crippen LogP contribution in [-0.2, 0) is 27.2 Å². The molecule has 1 atom stereocenters. The largest absolute Gasteiger partial charge is 0.367 e. The number of carbonyl (C=O) groups is 2. The molecule has 45 heavy (non-hydrogen) atoms. The summed E-state index contributed by atoms with van der Waals surface area (Å²) < 4.78 is 9.90. The highest BCUT2D eigenvalue weighted by Crippen LogP contribution is 2.33. The Bertz CT molecular complexity index is 1830. The van der Waals surface area contributed by atoms with Crippen LogP contribution in [-0.4, -0.2) is 48.8 Å². The zero-order valence-corrected chi connectivity index (χ0v) is 25.6. The third-order valence-electron chi connectivity index (χ3n) is 9.43. The van der Waals surface area contributed by atoms with E-state index in [9.17, 15) is 14.4 Å². The minimum absolute atomic E-state index is 0.0290. The summed E-state index contributed by atoms with van der Waals surface area (Å²) in [5.41, 5.74) is 8.72. The quantitative estimate of drug-likeness (QED) is 0.288. The summed E-state index contributed by atoms with van der Waals surface area (Å²) in [6.45, 7) is 2.10. The number of aryl methyl sites for hydroxylation is 1. The van der Waals surface area contributed by atoms with Gasteiger partial charge in [-0.2, -0.15) is 15.2 Å². The first-order valence-electron chi connectivity index (χ1n) is 16.2. The fraction of sp³-hybridized carbons (Fsp3) is 0.429. The van der Waals surface area contributed by atoms with Crippen molar-refractivity contribution in [3.63, 3.8) is 0 Å². The van der Waals surface area contributed by atoms with Crippen LogP contribution >= 0.6 is 0 Å². The van der Waals surface area contributed by atoms with Crippen LogP contribution in [0, 0.1) is 0 Å². The summed E-state index contributed by atoms with van der Waals surface area (Å²) in [6, 6.07) is 16.2. The molecule has 3 aliphatic rings. The third kappa shape index (κ3) is 5.75. The van der Waals surface area contributed by atoms with Crippen LogP contribution in [0.15, 0.2) is 64.8 Å². The maximum atomic E-state index is 14.5. The van der Waals surface area contributed by atoms with E-state index in [0.29, 0.717) is 36.3 Å². The van der Waals surface area contributed by atoms with Gasteiger partial charge in [0, 0.05) is 30.0 Å². The van der Waals surface area contributed by atoms with Crippen LogP contribution in [0.5, 0.6) is 0 Å². The van der Waals surface area contributed by atoms with E-state index in [0.717, 1.165) is 72.9 Å². The first-order valence-corrected chi connectivity index (χ1v) is 16.2. The van der Waals surface area contributed by atoms with Crippen molar-refractivity contribution in [2.45, 2.75) is 95.8 Å². The maximum Gasteiger partial charge on any atom is 0.259 e. The van der Waals surface area contributed by atoms with Gasteiger partial charge in [-0.25, -0.2) is 9.94 Å². The molecule has 2 aromatic carbocycles. The number of ether oxygens (including phenoxy) is 1. The molecule has 2 fully saturated rings. The van der Waals surface area contributed by atoms with E-state index >= 15 is 0 Å². The average Bonchev–Trinajstić information content (AvgIpc) is 3.82. The van der Waals surface area contributed by atoms with Crippen molar-refractivity contribution in [1.29, 1.82) is 0 Å². The van der Waals surface area contributed by atoms with Crippen molar-refractivity contribution in [1.82, 2.24) is 24.6 Å². The van der Waals surface area contributed by atoms with Crippen molar-refractivity contribution in [2.24, 2.45) is 5.10 Å². The molecule has 1 N–H and O–H groups in total. The Labute approximate surface area is 261 Å². The molecule has 2 aliphatic carbocycles. The molecule has 1 amide bonds. The predicted octanol–water partition coefficient (Wildman–Crippen LogP) is 4.95. The van der Waals surface area contributed by atoms with Crippen LogP contribution in [0.4, 0.5) is 0 Å². The fourth-order valence-corrected chi connectivity index (χ4v) is 7.21. The summed E-state index contributed by atoms with van der Waals surface area (Å²) in [7, 11) is 0. The van der Waals surface area contributed by atoms with Crippen LogP contribution in [0.1, 0.15) is 93.1 Å². The summed E-state index contributed by atoms with van der Waals surface area (Å²) in [6.07, 6.45) is 8.98. The second-order valence-electron chi connectivity index (χ2n) is 12.4. The molecule has 232 valence electrons. The smallest absolute Gasteiger partial charge is 0.259 e. The van der Waals surface area contributed by atoms with Gasteiger partial charge in [0.1, 0.15) is 12.4 Å². The molecule has 10 heteroatoms. The van der Waals surface area contributed by atoms with Gasteiger partial charge in [0.25, 0.3) is 5.56 Å². The Hall–Kier alpha value is -4.44.